The van der Waals surface area contributed by atoms with Crippen molar-refractivity contribution < 1.29 is 43.4 Å². The molecule has 200 valence electrons. The van der Waals surface area contributed by atoms with Gasteiger partial charge in [-0.15, -0.1) is 11.3 Å². The molecule has 3 heterocycles. The number of thiophene rings is 1. The maximum Gasteiger partial charge on any atom is 0.350 e. The third kappa shape index (κ3) is 6.83. The van der Waals surface area contributed by atoms with Gasteiger partial charge < -0.3 is 20.5 Å². The highest BCUT2D eigenvalue weighted by Crippen LogP contribution is 2.25. The standard InChI is InChI=1S/C22H25ClN4O9S/c1-11(28)24-13-4-5-17(30)26-7-2-3-15(27(26)21(13)34)20(33)25-14(9-18(31)32)16(29)10-36-22(35)19-12(23)6-8-37-19/h6,8,13-15H,2-5,7,9-10H2,1H3,(H,24,28)(H,25,33)(H,31,32). The summed E-state index contributed by atoms with van der Waals surface area (Å²) in [6.07, 6.45) is -0.275. The number of halogens is 1. The predicted molar refractivity (Wildman–Crippen MR) is 127 cm³/mol. The van der Waals surface area contributed by atoms with Crippen LogP contribution in [0.2, 0.25) is 5.02 Å². The third-order valence-corrected chi connectivity index (χ3v) is 7.10. The second-order valence-electron chi connectivity index (χ2n) is 8.45. The molecule has 0 aromatic carbocycles. The zero-order valence-electron chi connectivity index (χ0n) is 19.7. The Morgan fingerprint density at radius 3 is 2.59 bits per heavy atom. The van der Waals surface area contributed by atoms with E-state index in [1.54, 1.807) is 5.38 Å². The number of ketones is 1. The number of rotatable bonds is 9. The monoisotopic (exact) mass is 556 g/mol. The van der Waals surface area contributed by atoms with Crippen LogP contribution in [-0.2, 0) is 33.5 Å². The van der Waals surface area contributed by atoms with Gasteiger partial charge in [-0.1, -0.05) is 11.6 Å². The van der Waals surface area contributed by atoms with Crippen LogP contribution in [0.5, 0.6) is 0 Å². The lowest BCUT2D eigenvalue weighted by atomic mass is 10.0. The van der Waals surface area contributed by atoms with E-state index in [1.165, 1.54) is 13.0 Å². The zero-order valence-corrected chi connectivity index (χ0v) is 21.3. The second kappa shape index (κ2) is 12.1. The van der Waals surface area contributed by atoms with Crippen molar-refractivity contribution in [3.63, 3.8) is 0 Å². The van der Waals surface area contributed by atoms with Crippen molar-refractivity contribution in [2.45, 2.75) is 57.2 Å². The molecule has 2 fully saturated rings. The fourth-order valence-electron chi connectivity index (χ4n) is 4.08. The highest BCUT2D eigenvalue weighted by atomic mass is 35.5. The van der Waals surface area contributed by atoms with Gasteiger partial charge in [-0.25, -0.2) is 9.80 Å². The number of nitrogens with zero attached hydrogens (tertiary/aromatic N) is 2. The van der Waals surface area contributed by atoms with Gasteiger partial charge in [0.15, 0.2) is 12.4 Å². The van der Waals surface area contributed by atoms with E-state index in [4.69, 9.17) is 16.3 Å². The third-order valence-electron chi connectivity index (χ3n) is 5.77. The summed E-state index contributed by atoms with van der Waals surface area (Å²) >= 11 is 6.87. The molecule has 1 aromatic heterocycles. The molecule has 2 aliphatic rings. The van der Waals surface area contributed by atoms with Crippen molar-refractivity contribution >= 4 is 64.3 Å². The van der Waals surface area contributed by atoms with Gasteiger partial charge in [0, 0.05) is 19.9 Å². The van der Waals surface area contributed by atoms with Crippen molar-refractivity contribution in [3.8, 4) is 0 Å². The van der Waals surface area contributed by atoms with E-state index in [9.17, 15) is 38.7 Å². The molecule has 3 rings (SSSR count). The Bertz CT molecular complexity index is 1120. The molecule has 2 saturated heterocycles. The van der Waals surface area contributed by atoms with Crippen molar-refractivity contribution in [1.29, 1.82) is 0 Å². The number of amides is 4. The largest absolute Gasteiger partial charge is 0.481 e. The molecule has 3 atom stereocenters. The Morgan fingerprint density at radius 2 is 1.97 bits per heavy atom. The van der Waals surface area contributed by atoms with Gasteiger partial charge >= 0.3 is 11.9 Å². The number of ether oxygens (including phenoxy) is 1. The lowest BCUT2D eigenvalue weighted by Gasteiger charge is -2.43. The molecular weight excluding hydrogens is 532 g/mol. The number of carbonyl (C=O) groups is 7. The van der Waals surface area contributed by atoms with E-state index in [2.05, 4.69) is 10.6 Å². The van der Waals surface area contributed by atoms with Crippen LogP contribution in [0.25, 0.3) is 0 Å². The molecular formula is C22H25ClN4O9S. The highest BCUT2D eigenvalue weighted by Gasteiger charge is 2.45. The van der Waals surface area contributed by atoms with Gasteiger partial charge in [0.25, 0.3) is 5.91 Å². The summed E-state index contributed by atoms with van der Waals surface area (Å²) in [5.74, 6) is -5.58. The fraction of sp³-hybridized carbons (Fsp3) is 0.500. The summed E-state index contributed by atoms with van der Waals surface area (Å²) < 4.78 is 4.94. The van der Waals surface area contributed by atoms with Gasteiger partial charge in [0.05, 0.1) is 11.4 Å². The number of hydrogen-bond donors (Lipinski definition) is 3. The average Bonchev–Trinajstić information content (AvgIpc) is 3.24. The Labute approximate surface area is 220 Å². The van der Waals surface area contributed by atoms with Crippen LogP contribution in [0, 0.1) is 0 Å². The van der Waals surface area contributed by atoms with Crippen LogP contribution >= 0.6 is 22.9 Å². The number of hydrogen-bond acceptors (Lipinski definition) is 9. The van der Waals surface area contributed by atoms with Gasteiger partial charge in [-0.3, -0.25) is 33.8 Å². The van der Waals surface area contributed by atoms with E-state index in [-0.39, 0.29) is 35.7 Å². The van der Waals surface area contributed by atoms with Crippen molar-refractivity contribution in [2.24, 2.45) is 0 Å². The number of carboxylic acids is 1. The summed E-state index contributed by atoms with van der Waals surface area (Å²) in [4.78, 5) is 86.9. The van der Waals surface area contributed by atoms with Gasteiger partial charge in [0.2, 0.25) is 17.7 Å². The Kier molecular flexibility index (Phi) is 9.21. The Morgan fingerprint density at radius 1 is 1.24 bits per heavy atom. The SMILES string of the molecule is CC(=O)NC1CCC(=O)N2CCCC(C(=O)NC(CC(=O)O)C(=O)COC(=O)c3sccc3Cl)N2C1=O. The summed E-state index contributed by atoms with van der Waals surface area (Å²) in [6, 6.07) is -2.36. The Balaban J connectivity index is 1.75. The molecule has 0 spiro atoms. The minimum atomic E-state index is -1.57. The second-order valence-corrected chi connectivity index (χ2v) is 9.77. The molecule has 0 aliphatic carbocycles. The number of aliphatic carboxylic acids is 1. The number of carboxylic acid groups (broad SMARTS) is 1. The van der Waals surface area contributed by atoms with E-state index in [0.29, 0.717) is 6.42 Å². The van der Waals surface area contributed by atoms with E-state index in [1.807, 2.05) is 0 Å². The maximum absolute atomic E-state index is 13.2. The molecule has 13 nitrogen and oxygen atoms in total. The number of Topliss-reactive ketones (excluding diaryl/α,β-unsaturated/α-hetero) is 1. The van der Waals surface area contributed by atoms with Gasteiger partial charge in [0.1, 0.15) is 23.0 Å². The molecule has 3 N–H and O–H groups in total. The smallest absolute Gasteiger partial charge is 0.350 e. The minimum absolute atomic E-state index is 0.0265. The summed E-state index contributed by atoms with van der Waals surface area (Å²) in [6.45, 7) is 0.577. The first-order valence-corrected chi connectivity index (χ1v) is 12.6. The normalized spacial score (nSPS) is 20.4. The van der Waals surface area contributed by atoms with Crippen LogP contribution in [-0.4, -0.2) is 87.8 Å². The quantitative estimate of drug-likeness (QED) is 0.356. The predicted octanol–water partition coefficient (Wildman–Crippen LogP) is 0.120. The lowest BCUT2D eigenvalue weighted by molar-refractivity contribution is -0.176. The van der Waals surface area contributed by atoms with Crippen LogP contribution < -0.4 is 10.6 Å². The number of hydrazine groups is 1. The Hall–Kier alpha value is -3.52. The van der Waals surface area contributed by atoms with Crippen LogP contribution in [0.15, 0.2) is 11.4 Å². The summed E-state index contributed by atoms with van der Waals surface area (Å²) in [5.41, 5.74) is 0. The van der Waals surface area contributed by atoms with Crippen molar-refractivity contribution in [1.82, 2.24) is 20.7 Å². The van der Waals surface area contributed by atoms with E-state index in [0.717, 1.165) is 21.4 Å². The summed E-state index contributed by atoms with van der Waals surface area (Å²) in [5, 5.41) is 17.9. The maximum atomic E-state index is 13.2. The summed E-state index contributed by atoms with van der Waals surface area (Å²) in [7, 11) is 0. The molecule has 3 unspecified atom stereocenters. The number of esters is 1. The number of fused-ring (bicyclic) bond motifs is 1. The molecule has 4 amide bonds. The minimum Gasteiger partial charge on any atom is -0.481 e. The van der Waals surface area contributed by atoms with Crippen LogP contribution in [0.3, 0.4) is 0 Å². The number of carbonyl (C=O) groups excluding carboxylic acids is 6. The van der Waals surface area contributed by atoms with Gasteiger partial charge in [-0.05, 0) is 30.7 Å². The first-order chi connectivity index (χ1) is 17.5. The molecule has 0 saturated carbocycles. The molecule has 0 radical (unpaired) electrons. The lowest BCUT2D eigenvalue weighted by Crippen LogP contribution is -2.64. The fourth-order valence-corrected chi connectivity index (χ4v) is 5.11. The van der Waals surface area contributed by atoms with Crippen molar-refractivity contribution in [3.05, 3.63) is 21.3 Å². The topological polar surface area (TPSA) is 179 Å². The number of nitrogens with one attached hydrogen (secondary N) is 2. The zero-order chi connectivity index (χ0) is 27.3. The van der Waals surface area contributed by atoms with E-state index < -0.39 is 72.5 Å². The molecule has 37 heavy (non-hydrogen) atoms. The molecule has 15 heteroatoms. The van der Waals surface area contributed by atoms with Crippen LogP contribution in [0.4, 0.5) is 0 Å². The molecule has 0 bridgehead atoms. The van der Waals surface area contributed by atoms with Crippen LogP contribution in [0.1, 0.15) is 48.7 Å². The van der Waals surface area contributed by atoms with Crippen molar-refractivity contribution in [2.75, 3.05) is 13.2 Å². The molecule has 2 aliphatic heterocycles. The first-order valence-electron chi connectivity index (χ1n) is 11.3. The average molecular weight is 557 g/mol. The van der Waals surface area contributed by atoms with Gasteiger partial charge in [-0.2, -0.15) is 0 Å². The highest BCUT2D eigenvalue weighted by molar-refractivity contribution is 7.12. The van der Waals surface area contributed by atoms with E-state index >= 15 is 0 Å². The first kappa shape index (κ1) is 28.1. The molecule has 1 aromatic rings.